The van der Waals surface area contributed by atoms with Crippen molar-refractivity contribution in [1.29, 1.82) is 0 Å². The molecule has 5 rings (SSSR count). The molecule has 1 aliphatic heterocycles. The molecule has 1 aromatic heterocycles. The number of anilines is 2. The highest BCUT2D eigenvalue weighted by atomic mass is 19.3. The summed E-state index contributed by atoms with van der Waals surface area (Å²) < 4.78 is 43.3. The smallest absolute Gasteiger partial charge is 0.298 e. The highest BCUT2D eigenvalue weighted by Crippen LogP contribution is 2.41. The van der Waals surface area contributed by atoms with E-state index in [2.05, 4.69) is 15.2 Å². The third-order valence-electron chi connectivity index (χ3n) is 7.38. The third-order valence-corrected chi connectivity index (χ3v) is 7.38. The molecule has 2 heterocycles. The van der Waals surface area contributed by atoms with Crippen molar-refractivity contribution in [3.8, 4) is 0 Å². The maximum Gasteiger partial charge on any atom is 0.298 e. The number of aromatic nitrogens is 2. The SMILES string of the molecule is Cc1nc(N[C@H](C)c2cccc(C(F)(F)CO)c2F)c2cc(N3CCC(C)(O)C3)c3c(c2n1)CCC3. The van der Waals surface area contributed by atoms with Gasteiger partial charge in [-0.1, -0.05) is 12.1 Å². The van der Waals surface area contributed by atoms with Gasteiger partial charge in [0.1, 0.15) is 24.1 Å². The van der Waals surface area contributed by atoms with Crippen LogP contribution in [0, 0.1) is 12.7 Å². The Morgan fingerprint density at radius 1 is 1.22 bits per heavy atom. The topological polar surface area (TPSA) is 81.5 Å². The van der Waals surface area contributed by atoms with Gasteiger partial charge in [-0.05, 0) is 69.7 Å². The molecular weight excluding hydrogens is 469 g/mol. The van der Waals surface area contributed by atoms with Crippen LogP contribution in [0.5, 0.6) is 0 Å². The van der Waals surface area contributed by atoms with E-state index in [1.807, 2.05) is 13.0 Å². The predicted molar refractivity (Wildman–Crippen MR) is 133 cm³/mol. The van der Waals surface area contributed by atoms with Crippen molar-refractivity contribution in [3.63, 3.8) is 0 Å². The summed E-state index contributed by atoms with van der Waals surface area (Å²) in [6.45, 7) is 5.14. The summed E-state index contributed by atoms with van der Waals surface area (Å²) in [5.41, 5.74) is 2.81. The van der Waals surface area contributed by atoms with Gasteiger partial charge in [0.25, 0.3) is 5.92 Å². The molecule has 36 heavy (non-hydrogen) atoms. The number of hydrogen-bond donors (Lipinski definition) is 3. The molecule has 1 unspecified atom stereocenters. The molecule has 2 aliphatic rings. The number of halogens is 3. The summed E-state index contributed by atoms with van der Waals surface area (Å²) in [6, 6.07) is 5.18. The Labute approximate surface area is 208 Å². The Kier molecular flexibility index (Phi) is 6.11. The van der Waals surface area contributed by atoms with Crippen LogP contribution in [0.15, 0.2) is 24.3 Å². The number of aliphatic hydroxyl groups is 2. The second kappa shape index (κ2) is 8.88. The van der Waals surface area contributed by atoms with Gasteiger partial charge in [0.15, 0.2) is 0 Å². The molecule has 2 aromatic carbocycles. The van der Waals surface area contributed by atoms with Crippen molar-refractivity contribution in [1.82, 2.24) is 9.97 Å². The van der Waals surface area contributed by atoms with E-state index in [1.165, 1.54) is 23.3 Å². The van der Waals surface area contributed by atoms with E-state index in [9.17, 15) is 13.9 Å². The Bertz CT molecular complexity index is 1330. The first kappa shape index (κ1) is 24.8. The lowest BCUT2D eigenvalue weighted by atomic mass is 9.99. The number of nitrogens with one attached hydrogen (secondary N) is 1. The summed E-state index contributed by atoms with van der Waals surface area (Å²) in [7, 11) is 0. The number of benzene rings is 2. The number of fused-ring (bicyclic) bond motifs is 3. The maximum absolute atomic E-state index is 15.1. The molecular formula is C27H31F3N4O2. The Balaban J connectivity index is 1.58. The molecule has 9 heteroatoms. The van der Waals surface area contributed by atoms with Gasteiger partial charge in [-0.25, -0.2) is 14.4 Å². The minimum Gasteiger partial charge on any atom is -0.390 e. The van der Waals surface area contributed by atoms with Crippen LogP contribution in [0.2, 0.25) is 0 Å². The maximum atomic E-state index is 15.1. The highest BCUT2D eigenvalue weighted by molar-refractivity contribution is 5.96. The highest BCUT2D eigenvalue weighted by Gasteiger charge is 2.36. The summed E-state index contributed by atoms with van der Waals surface area (Å²) >= 11 is 0. The predicted octanol–water partition coefficient (Wildman–Crippen LogP) is 4.78. The number of alkyl halides is 2. The van der Waals surface area contributed by atoms with Gasteiger partial charge in [0, 0.05) is 29.7 Å². The summed E-state index contributed by atoms with van der Waals surface area (Å²) in [4.78, 5) is 11.5. The van der Waals surface area contributed by atoms with Crippen LogP contribution < -0.4 is 10.2 Å². The lowest BCUT2D eigenvalue weighted by molar-refractivity contribution is -0.0583. The van der Waals surface area contributed by atoms with Crippen molar-refractivity contribution < 1.29 is 23.4 Å². The van der Waals surface area contributed by atoms with Crippen LogP contribution in [0.25, 0.3) is 10.9 Å². The van der Waals surface area contributed by atoms with E-state index in [4.69, 9.17) is 10.1 Å². The summed E-state index contributed by atoms with van der Waals surface area (Å²) in [5.74, 6) is -3.66. The lowest BCUT2D eigenvalue weighted by Gasteiger charge is -2.25. The molecule has 1 saturated heterocycles. The normalized spacial score (nSPS) is 20.7. The fourth-order valence-corrected chi connectivity index (χ4v) is 5.54. The Morgan fingerprint density at radius 2 is 1.97 bits per heavy atom. The van der Waals surface area contributed by atoms with E-state index in [0.717, 1.165) is 48.5 Å². The number of β-amino-alcohol motifs (C(OH)–C–C–N with tert-alkyl or cyclic N) is 1. The van der Waals surface area contributed by atoms with Gasteiger partial charge in [-0.15, -0.1) is 0 Å². The first-order valence-corrected chi connectivity index (χ1v) is 12.4. The number of aliphatic hydroxyl groups excluding tert-OH is 1. The monoisotopic (exact) mass is 500 g/mol. The van der Waals surface area contributed by atoms with Crippen LogP contribution in [0.3, 0.4) is 0 Å². The van der Waals surface area contributed by atoms with Crippen LogP contribution in [0.1, 0.15) is 60.8 Å². The van der Waals surface area contributed by atoms with E-state index in [1.54, 1.807) is 13.8 Å². The molecule has 0 spiro atoms. The van der Waals surface area contributed by atoms with E-state index in [0.29, 0.717) is 24.6 Å². The van der Waals surface area contributed by atoms with Crippen molar-refractivity contribution in [3.05, 3.63) is 58.2 Å². The summed E-state index contributed by atoms with van der Waals surface area (Å²) in [6.07, 6.45) is 3.53. The van der Waals surface area contributed by atoms with Gasteiger partial charge in [0.05, 0.1) is 22.7 Å². The molecule has 6 nitrogen and oxygen atoms in total. The number of nitrogens with zero attached hydrogens (tertiary/aromatic N) is 3. The fourth-order valence-electron chi connectivity index (χ4n) is 5.54. The van der Waals surface area contributed by atoms with Gasteiger partial charge < -0.3 is 20.4 Å². The van der Waals surface area contributed by atoms with E-state index >= 15 is 4.39 Å². The standard InChI is InChI=1S/C27H31F3N4O2/c1-15(17-6-5-9-21(23(17)28)27(29,30)14-35)31-25-20-12-22(34-11-10-26(3,36)13-34)18-7-4-8-19(18)24(20)32-16(2)33-25/h5-6,9,12,15,35-36H,4,7-8,10-11,13-14H2,1-3H3,(H,31,32,33)/t15-,26?/m1/s1. The van der Waals surface area contributed by atoms with Gasteiger partial charge >= 0.3 is 0 Å². The van der Waals surface area contributed by atoms with Crippen molar-refractivity contribution in [2.75, 3.05) is 29.9 Å². The molecule has 0 bridgehead atoms. The first-order chi connectivity index (χ1) is 17.0. The Hall–Kier alpha value is -2.91. The van der Waals surface area contributed by atoms with Crippen molar-refractivity contribution in [2.24, 2.45) is 0 Å². The number of aryl methyl sites for hydroxylation is 2. The molecule has 1 aliphatic carbocycles. The molecule has 0 saturated carbocycles. The molecule has 2 atom stereocenters. The van der Waals surface area contributed by atoms with Gasteiger partial charge in [-0.3, -0.25) is 0 Å². The average molecular weight is 501 g/mol. The van der Waals surface area contributed by atoms with Gasteiger partial charge in [-0.2, -0.15) is 8.78 Å². The molecule has 192 valence electrons. The second-order valence-electron chi connectivity index (χ2n) is 10.3. The molecule has 0 radical (unpaired) electrons. The number of rotatable bonds is 6. The van der Waals surface area contributed by atoms with Crippen LogP contribution in [-0.4, -0.2) is 45.5 Å². The average Bonchev–Trinajstić information content (AvgIpc) is 3.45. The van der Waals surface area contributed by atoms with Crippen LogP contribution in [0.4, 0.5) is 24.7 Å². The molecule has 0 amide bonds. The third kappa shape index (κ3) is 4.28. The van der Waals surface area contributed by atoms with Crippen LogP contribution >= 0.6 is 0 Å². The minimum atomic E-state index is -3.68. The van der Waals surface area contributed by atoms with Gasteiger partial charge in [0.2, 0.25) is 0 Å². The fraction of sp³-hybridized carbons (Fsp3) is 0.481. The molecule has 1 fully saturated rings. The first-order valence-electron chi connectivity index (χ1n) is 12.4. The lowest BCUT2D eigenvalue weighted by Crippen LogP contribution is -2.30. The van der Waals surface area contributed by atoms with Crippen molar-refractivity contribution in [2.45, 2.75) is 64.0 Å². The Morgan fingerprint density at radius 3 is 2.67 bits per heavy atom. The van der Waals surface area contributed by atoms with Crippen LogP contribution in [-0.2, 0) is 18.8 Å². The molecule has 3 aromatic rings. The van der Waals surface area contributed by atoms with E-state index < -0.39 is 35.6 Å². The zero-order valence-electron chi connectivity index (χ0n) is 20.7. The zero-order chi connectivity index (χ0) is 25.8. The largest absolute Gasteiger partial charge is 0.390 e. The number of hydrogen-bond acceptors (Lipinski definition) is 6. The zero-order valence-corrected chi connectivity index (χ0v) is 20.7. The van der Waals surface area contributed by atoms with E-state index in [-0.39, 0.29) is 5.56 Å². The molecule has 3 N–H and O–H groups in total. The quantitative estimate of drug-likeness (QED) is 0.452. The minimum absolute atomic E-state index is 0.0574. The van der Waals surface area contributed by atoms with Crippen molar-refractivity contribution >= 4 is 22.4 Å². The summed E-state index contributed by atoms with van der Waals surface area (Å²) in [5, 5.41) is 23.6. The second-order valence-corrected chi connectivity index (χ2v) is 10.3.